The Bertz CT molecular complexity index is 501. The van der Waals surface area contributed by atoms with Crippen molar-refractivity contribution in [3.63, 3.8) is 0 Å². The molecule has 3 atom stereocenters. The summed E-state index contributed by atoms with van der Waals surface area (Å²) in [4.78, 5) is 1.29. The van der Waals surface area contributed by atoms with Gasteiger partial charge in [-0.25, -0.2) is 0 Å². The molecule has 0 saturated carbocycles. The van der Waals surface area contributed by atoms with Gasteiger partial charge >= 0.3 is 18.0 Å². The first-order chi connectivity index (χ1) is 11.4. The predicted molar refractivity (Wildman–Crippen MR) is 79.6 cm³/mol. The molecule has 0 amide bonds. The minimum atomic E-state index is -6.47. The van der Waals surface area contributed by atoms with Gasteiger partial charge in [-0.2, -0.15) is 30.7 Å². The highest BCUT2D eigenvalue weighted by Crippen LogP contribution is 2.48. The van der Waals surface area contributed by atoms with Gasteiger partial charge in [0, 0.05) is 18.6 Å². The van der Waals surface area contributed by atoms with Gasteiger partial charge in [-0.15, -0.1) is 13.2 Å². The molecule has 1 aliphatic heterocycles. The summed E-state index contributed by atoms with van der Waals surface area (Å²) in [6.07, 6.45) is -2.42. The van der Waals surface area contributed by atoms with Crippen LogP contribution in [-0.2, 0) is 0 Å². The number of β-amino-alcohol motifs (C(OH)–C–C–N with tert-alkyl or cyclic N) is 1. The Morgan fingerprint density at radius 1 is 1.08 bits per heavy atom. The second-order valence-electron chi connectivity index (χ2n) is 5.84. The van der Waals surface area contributed by atoms with E-state index in [0.717, 1.165) is 0 Å². The third-order valence-corrected chi connectivity index (χ3v) is 4.09. The van der Waals surface area contributed by atoms with Gasteiger partial charge in [0.05, 0.1) is 0 Å². The number of aliphatic hydroxyl groups excluding tert-OH is 1. The van der Waals surface area contributed by atoms with Crippen LogP contribution in [0.1, 0.15) is 19.3 Å². The molecule has 0 bridgehead atoms. The molecule has 9 heteroatoms. The average molecular weight is 375 g/mol. The molecule has 0 aromatic rings. The first-order valence-electron chi connectivity index (χ1n) is 7.54. The van der Waals surface area contributed by atoms with Crippen molar-refractivity contribution in [3.05, 3.63) is 37.5 Å². The largest absolute Gasteiger partial charge is 0.459 e. The maximum absolute atomic E-state index is 13.7. The molecule has 1 aliphatic rings. The van der Waals surface area contributed by atoms with Crippen molar-refractivity contribution in [3.8, 4) is 0 Å². The Kier molecular flexibility index (Phi) is 6.86. The van der Waals surface area contributed by atoms with Crippen LogP contribution in [0.4, 0.5) is 30.7 Å². The van der Waals surface area contributed by atoms with Crippen LogP contribution in [0.25, 0.3) is 0 Å². The van der Waals surface area contributed by atoms with E-state index in [1.165, 1.54) is 17.1 Å². The van der Waals surface area contributed by atoms with Gasteiger partial charge in [0.1, 0.15) is 6.10 Å². The number of hydrogen-bond donors (Lipinski definition) is 1. The van der Waals surface area contributed by atoms with Crippen molar-refractivity contribution < 1.29 is 35.8 Å². The number of alkyl halides is 7. The summed E-state index contributed by atoms with van der Waals surface area (Å²) in [6, 6.07) is -0.987. The molecule has 25 heavy (non-hydrogen) atoms. The normalized spacial score (nSPS) is 24.2. The highest BCUT2D eigenvalue weighted by atomic mass is 19.4. The van der Waals surface area contributed by atoms with Crippen LogP contribution in [0.3, 0.4) is 0 Å². The quantitative estimate of drug-likeness (QED) is 0.504. The van der Waals surface area contributed by atoms with Crippen LogP contribution in [0.5, 0.6) is 0 Å². The highest BCUT2D eigenvalue weighted by Gasteiger charge is 2.75. The van der Waals surface area contributed by atoms with Crippen molar-refractivity contribution in [2.24, 2.45) is 0 Å². The fourth-order valence-corrected chi connectivity index (χ4v) is 2.72. The number of halogens is 7. The van der Waals surface area contributed by atoms with Gasteiger partial charge in [0.2, 0.25) is 0 Å². The second kappa shape index (κ2) is 7.90. The molecule has 0 fully saturated rings. The molecule has 1 N–H and O–H groups in total. The van der Waals surface area contributed by atoms with Crippen LogP contribution in [0.15, 0.2) is 37.5 Å². The van der Waals surface area contributed by atoms with Crippen molar-refractivity contribution in [1.29, 1.82) is 0 Å². The molecule has 0 aliphatic carbocycles. The zero-order chi connectivity index (χ0) is 19.5. The first-order valence-corrected chi connectivity index (χ1v) is 7.54. The molecule has 2 nitrogen and oxygen atoms in total. The monoisotopic (exact) mass is 375 g/mol. The van der Waals surface area contributed by atoms with Crippen LogP contribution < -0.4 is 0 Å². The standard InChI is InChI=1S/C16H20F7NO/c1-3-6-11-8-5-9-12(7-4-2)24(11)10-13(25)14(17,18)15(19,20)16(21,22)23/h3-5,8,11-13,25H,1-2,6-7,9-10H2. The Balaban J connectivity index is 3.07. The van der Waals surface area contributed by atoms with E-state index in [0.29, 0.717) is 12.8 Å². The Hall–Kier alpha value is -1.35. The second-order valence-corrected chi connectivity index (χ2v) is 5.84. The van der Waals surface area contributed by atoms with E-state index in [2.05, 4.69) is 13.2 Å². The first kappa shape index (κ1) is 21.7. The smallest absolute Gasteiger partial charge is 0.385 e. The minimum Gasteiger partial charge on any atom is -0.385 e. The number of rotatable bonds is 8. The molecule has 0 spiro atoms. The summed E-state index contributed by atoms with van der Waals surface area (Å²) in [6.45, 7) is 5.97. The van der Waals surface area contributed by atoms with E-state index in [1.54, 1.807) is 12.2 Å². The van der Waals surface area contributed by atoms with E-state index >= 15 is 0 Å². The van der Waals surface area contributed by atoms with Crippen LogP contribution in [0, 0.1) is 0 Å². The fourth-order valence-electron chi connectivity index (χ4n) is 2.72. The zero-order valence-electron chi connectivity index (χ0n) is 13.3. The van der Waals surface area contributed by atoms with E-state index in [4.69, 9.17) is 0 Å². The van der Waals surface area contributed by atoms with Gasteiger partial charge in [0.15, 0.2) is 0 Å². The highest BCUT2D eigenvalue weighted by molar-refractivity contribution is 5.08. The van der Waals surface area contributed by atoms with E-state index in [1.807, 2.05) is 0 Å². The summed E-state index contributed by atoms with van der Waals surface area (Å²) in [5, 5.41) is 9.55. The maximum Gasteiger partial charge on any atom is 0.459 e. The molecule has 0 aromatic heterocycles. The molecule has 0 radical (unpaired) electrons. The maximum atomic E-state index is 13.7. The molecule has 0 aromatic carbocycles. The van der Waals surface area contributed by atoms with Gasteiger partial charge < -0.3 is 5.11 Å². The molecule has 0 saturated heterocycles. The lowest BCUT2D eigenvalue weighted by Gasteiger charge is -2.41. The van der Waals surface area contributed by atoms with Crippen molar-refractivity contribution in [2.45, 2.75) is 55.5 Å². The number of nitrogens with zero attached hydrogens (tertiary/aromatic N) is 1. The van der Waals surface area contributed by atoms with Gasteiger partial charge in [-0.05, 0) is 19.3 Å². The topological polar surface area (TPSA) is 23.5 Å². The van der Waals surface area contributed by atoms with Crippen LogP contribution in [0.2, 0.25) is 0 Å². The summed E-state index contributed by atoms with van der Waals surface area (Å²) < 4.78 is 90.4. The van der Waals surface area contributed by atoms with Gasteiger partial charge in [-0.3, -0.25) is 4.90 Å². The molecule has 144 valence electrons. The minimum absolute atomic E-state index is 0.262. The van der Waals surface area contributed by atoms with E-state index < -0.39 is 42.8 Å². The van der Waals surface area contributed by atoms with Crippen molar-refractivity contribution >= 4 is 0 Å². The molecule has 1 rings (SSSR count). The third-order valence-electron chi connectivity index (χ3n) is 4.09. The summed E-state index contributed by atoms with van der Waals surface area (Å²) >= 11 is 0. The van der Waals surface area contributed by atoms with E-state index in [9.17, 15) is 35.8 Å². The van der Waals surface area contributed by atoms with Crippen molar-refractivity contribution in [1.82, 2.24) is 4.90 Å². The van der Waals surface area contributed by atoms with Crippen LogP contribution in [-0.4, -0.2) is 52.8 Å². The lowest BCUT2D eigenvalue weighted by atomic mass is 9.95. The molecule has 3 unspecified atom stereocenters. The Morgan fingerprint density at radius 3 is 2.12 bits per heavy atom. The fraction of sp³-hybridized carbons (Fsp3) is 0.625. The number of aliphatic hydroxyl groups is 1. The molecular weight excluding hydrogens is 355 g/mol. The zero-order valence-corrected chi connectivity index (χ0v) is 13.3. The van der Waals surface area contributed by atoms with E-state index in [-0.39, 0.29) is 6.42 Å². The summed E-state index contributed by atoms with van der Waals surface area (Å²) in [5.41, 5.74) is 0. The summed E-state index contributed by atoms with van der Waals surface area (Å²) in [7, 11) is 0. The lowest BCUT2D eigenvalue weighted by molar-refractivity contribution is -0.371. The van der Waals surface area contributed by atoms with Crippen molar-refractivity contribution in [2.75, 3.05) is 6.54 Å². The predicted octanol–water partition coefficient (Wildman–Crippen LogP) is 4.33. The van der Waals surface area contributed by atoms with Gasteiger partial charge in [0.25, 0.3) is 0 Å². The summed E-state index contributed by atoms with van der Waals surface area (Å²) in [5.74, 6) is -12.0. The van der Waals surface area contributed by atoms with Gasteiger partial charge in [-0.1, -0.05) is 24.3 Å². The molecular formula is C16H20F7NO. The Labute approximate surface area is 141 Å². The Morgan fingerprint density at radius 2 is 1.64 bits per heavy atom. The molecule has 1 heterocycles. The SMILES string of the molecule is C=CCC1C=CCC(CC=C)N1CC(O)C(F)(F)C(F)(F)C(F)(F)F. The lowest BCUT2D eigenvalue weighted by Crippen LogP contribution is -2.61. The third kappa shape index (κ3) is 4.44. The van der Waals surface area contributed by atoms with Crippen LogP contribution >= 0.6 is 0 Å². The number of hydrogen-bond acceptors (Lipinski definition) is 2. The average Bonchev–Trinajstić information content (AvgIpc) is 2.49.